The highest BCUT2D eigenvalue weighted by Crippen LogP contribution is 2.26. The zero-order valence-electron chi connectivity index (χ0n) is 18.4. The third kappa shape index (κ3) is 4.62. The molecule has 0 bridgehead atoms. The number of nitrogens with zero attached hydrogens (tertiary/aromatic N) is 6. The van der Waals surface area contributed by atoms with Crippen LogP contribution in [0.15, 0.2) is 24.5 Å². The van der Waals surface area contributed by atoms with Gasteiger partial charge in [-0.1, -0.05) is 0 Å². The van der Waals surface area contributed by atoms with Gasteiger partial charge in [0.1, 0.15) is 23.8 Å². The highest BCUT2D eigenvalue weighted by molar-refractivity contribution is 5.94. The Kier molecular flexibility index (Phi) is 6.47. The average Bonchev–Trinajstić information content (AvgIpc) is 3.25. The summed E-state index contributed by atoms with van der Waals surface area (Å²) in [7, 11) is 0. The Morgan fingerprint density at radius 1 is 1.15 bits per heavy atom. The molecule has 1 amide bonds. The smallest absolute Gasteiger partial charge is 0.306 e. The first-order chi connectivity index (χ1) is 15.9. The molecule has 1 aliphatic rings. The van der Waals surface area contributed by atoms with Crippen molar-refractivity contribution in [1.29, 1.82) is 0 Å². The van der Waals surface area contributed by atoms with Gasteiger partial charge in [-0.3, -0.25) is 9.59 Å². The van der Waals surface area contributed by atoms with E-state index in [1.165, 1.54) is 11.2 Å². The van der Waals surface area contributed by atoms with Crippen LogP contribution in [0.5, 0.6) is 0 Å². The third-order valence-electron chi connectivity index (χ3n) is 5.62. The van der Waals surface area contributed by atoms with E-state index in [0.29, 0.717) is 51.1 Å². The minimum atomic E-state index is -0.877. The molecule has 2 aromatic heterocycles. The number of fused-ring (bicyclic) bond motifs is 1. The number of hydrogen-bond donors (Lipinski definition) is 0. The number of benzene rings is 1. The van der Waals surface area contributed by atoms with Crippen LogP contribution in [0.1, 0.15) is 35.0 Å². The van der Waals surface area contributed by atoms with Crippen molar-refractivity contribution in [1.82, 2.24) is 24.5 Å². The van der Waals surface area contributed by atoms with Crippen molar-refractivity contribution in [3.05, 3.63) is 53.0 Å². The SMILES string of the molecule is CCOC(=O)CCc1c(C)nc2ncnn2c1N1CCN(C(=O)c2ccc(F)cc2F)CC1. The molecule has 0 spiro atoms. The zero-order valence-corrected chi connectivity index (χ0v) is 18.4. The summed E-state index contributed by atoms with van der Waals surface area (Å²) in [6.07, 6.45) is 2.03. The van der Waals surface area contributed by atoms with Crippen LogP contribution >= 0.6 is 0 Å². The van der Waals surface area contributed by atoms with E-state index in [9.17, 15) is 18.4 Å². The highest BCUT2D eigenvalue weighted by Gasteiger charge is 2.28. The number of anilines is 1. The highest BCUT2D eigenvalue weighted by atomic mass is 19.1. The number of aryl methyl sites for hydroxylation is 1. The maximum Gasteiger partial charge on any atom is 0.306 e. The lowest BCUT2D eigenvalue weighted by Gasteiger charge is -2.37. The molecule has 0 atom stereocenters. The van der Waals surface area contributed by atoms with E-state index in [2.05, 4.69) is 20.0 Å². The number of amides is 1. The van der Waals surface area contributed by atoms with Gasteiger partial charge in [-0.25, -0.2) is 13.8 Å². The van der Waals surface area contributed by atoms with E-state index in [-0.39, 0.29) is 18.0 Å². The number of hydrogen-bond acceptors (Lipinski definition) is 7. The van der Waals surface area contributed by atoms with Gasteiger partial charge < -0.3 is 14.5 Å². The molecule has 11 heteroatoms. The van der Waals surface area contributed by atoms with Crippen LogP contribution in [-0.2, 0) is 16.0 Å². The van der Waals surface area contributed by atoms with E-state index in [1.807, 2.05) is 6.92 Å². The fourth-order valence-electron chi connectivity index (χ4n) is 4.00. The Hall–Kier alpha value is -3.63. The Bertz CT molecular complexity index is 1190. The van der Waals surface area contributed by atoms with Crippen LogP contribution in [-0.4, -0.2) is 69.1 Å². The molecule has 3 aromatic rings. The molecular formula is C22H24F2N6O3. The molecule has 0 N–H and O–H groups in total. The van der Waals surface area contributed by atoms with Gasteiger partial charge >= 0.3 is 5.97 Å². The summed E-state index contributed by atoms with van der Waals surface area (Å²) in [4.78, 5) is 37.0. The summed E-state index contributed by atoms with van der Waals surface area (Å²) in [5, 5.41) is 4.30. The number of carbonyl (C=O) groups excluding carboxylic acids is 2. The molecule has 33 heavy (non-hydrogen) atoms. The molecule has 1 aromatic carbocycles. The maximum atomic E-state index is 14.1. The molecule has 9 nitrogen and oxygen atoms in total. The Balaban J connectivity index is 1.56. The monoisotopic (exact) mass is 458 g/mol. The van der Waals surface area contributed by atoms with Crippen LogP contribution < -0.4 is 4.90 Å². The van der Waals surface area contributed by atoms with E-state index in [1.54, 1.807) is 11.4 Å². The first-order valence-corrected chi connectivity index (χ1v) is 10.7. The number of rotatable bonds is 6. The third-order valence-corrected chi connectivity index (χ3v) is 5.62. The lowest BCUT2D eigenvalue weighted by atomic mass is 10.1. The standard InChI is InChI=1S/C22H24F2N6O3/c1-3-33-19(31)7-6-16-14(2)27-22-25-13-26-30(22)20(16)28-8-10-29(11-9-28)21(32)17-5-4-15(23)12-18(17)24/h4-5,12-13H,3,6-11H2,1-2H3. The Morgan fingerprint density at radius 3 is 2.61 bits per heavy atom. The van der Waals surface area contributed by atoms with Gasteiger partial charge in [-0.05, 0) is 32.4 Å². The summed E-state index contributed by atoms with van der Waals surface area (Å²) in [6.45, 7) is 5.52. The Labute approximate surface area is 189 Å². The topological polar surface area (TPSA) is 92.9 Å². The number of aromatic nitrogens is 4. The minimum Gasteiger partial charge on any atom is -0.466 e. The van der Waals surface area contributed by atoms with Crippen molar-refractivity contribution in [2.24, 2.45) is 0 Å². The van der Waals surface area contributed by atoms with E-state index in [0.717, 1.165) is 29.2 Å². The van der Waals surface area contributed by atoms with Crippen molar-refractivity contribution in [3.8, 4) is 0 Å². The van der Waals surface area contributed by atoms with Crippen LogP contribution in [0.3, 0.4) is 0 Å². The number of piperazine rings is 1. The van der Waals surface area contributed by atoms with Gasteiger partial charge in [0.15, 0.2) is 0 Å². The molecule has 1 aliphatic heterocycles. The second kappa shape index (κ2) is 9.47. The molecular weight excluding hydrogens is 434 g/mol. The van der Waals surface area contributed by atoms with Crippen LogP contribution in [0, 0.1) is 18.6 Å². The molecule has 3 heterocycles. The first-order valence-electron chi connectivity index (χ1n) is 10.7. The first kappa shape index (κ1) is 22.6. The van der Waals surface area contributed by atoms with E-state index >= 15 is 0 Å². The number of carbonyl (C=O) groups is 2. The fourth-order valence-corrected chi connectivity index (χ4v) is 4.00. The minimum absolute atomic E-state index is 0.154. The lowest BCUT2D eigenvalue weighted by molar-refractivity contribution is -0.143. The molecule has 1 saturated heterocycles. The number of esters is 1. The van der Waals surface area contributed by atoms with Gasteiger partial charge in [0.05, 0.1) is 12.2 Å². The van der Waals surface area contributed by atoms with Crippen LogP contribution in [0.2, 0.25) is 0 Å². The summed E-state index contributed by atoms with van der Waals surface area (Å²) >= 11 is 0. The summed E-state index contributed by atoms with van der Waals surface area (Å²) < 4.78 is 34.0. The quantitative estimate of drug-likeness (QED) is 0.523. The molecule has 1 fully saturated rings. The maximum absolute atomic E-state index is 14.1. The van der Waals surface area contributed by atoms with E-state index < -0.39 is 17.5 Å². The number of ether oxygens (including phenoxy) is 1. The van der Waals surface area contributed by atoms with Crippen molar-refractivity contribution in [2.75, 3.05) is 37.7 Å². The second-order valence-electron chi connectivity index (χ2n) is 7.68. The number of halogens is 2. The van der Waals surface area contributed by atoms with E-state index in [4.69, 9.17) is 4.74 Å². The second-order valence-corrected chi connectivity index (χ2v) is 7.68. The molecule has 0 radical (unpaired) electrons. The van der Waals surface area contributed by atoms with Crippen molar-refractivity contribution in [2.45, 2.75) is 26.7 Å². The average molecular weight is 458 g/mol. The predicted molar refractivity (Wildman–Crippen MR) is 115 cm³/mol. The predicted octanol–water partition coefficient (Wildman–Crippen LogP) is 2.17. The van der Waals surface area contributed by atoms with Gasteiger partial charge in [0.2, 0.25) is 0 Å². The van der Waals surface area contributed by atoms with Crippen molar-refractivity contribution in [3.63, 3.8) is 0 Å². The molecule has 0 saturated carbocycles. The Morgan fingerprint density at radius 2 is 1.91 bits per heavy atom. The van der Waals surface area contributed by atoms with Crippen LogP contribution in [0.25, 0.3) is 5.78 Å². The molecule has 174 valence electrons. The lowest BCUT2D eigenvalue weighted by Crippen LogP contribution is -2.49. The van der Waals surface area contributed by atoms with Crippen molar-refractivity contribution >= 4 is 23.5 Å². The zero-order chi connectivity index (χ0) is 23.5. The van der Waals surface area contributed by atoms with Gasteiger partial charge in [0, 0.05) is 49.9 Å². The molecule has 0 aliphatic carbocycles. The van der Waals surface area contributed by atoms with Crippen molar-refractivity contribution < 1.29 is 23.1 Å². The van der Waals surface area contributed by atoms with Crippen LogP contribution in [0.4, 0.5) is 14.6 Å². The fraction of sp³-hybridized carbons (Fsp3) is 0.409. The van der Waals surface area contributed by atoms with Gasteiger partial charge in [0.25, 0.3) is 11.7 Å². The summed E-state index contributed by atoms with van der Waals surface area (Å²) in [6, 6.07) is 2.95. The van der Waals surface area contributed by atoms with Gasteiger partial charge in [-0.2, -0.15) is 14.6 Å². The largest absolute Gasteiger partial charge is 0.466 e. The summed E-state index contributed by atoms with van der Waals surface area (Å²) in [5.74, 6) is -1.18. The molecule has 0 unspecified atom stereocenters. The molecule has 4 rings (SSSR count). The normalized spacial score (nSPS) is 14.1. The summed E-state index contributed by atoms with van der Waals surface area (Å²) in [5.41, 5.74) is 1.44. The van der Waals surface area contributed by atoms with Gasteiger partial charge in [-0.15, -0.1) is 0 Å².